The lowest BCUT2D eigenvalue weighted by Gasteiger charge is -2.33. The van der Waals surface area contributed by atoms with Crippen LogP contribution in [0.25, 0.3) is 0 Å². The molecule has 2 heterocycles. The van der Waals surface area contributed by atoms with Crippen LogP contribution in [0, 0.1) is 6.92 Å². The summed E-state index contributed by atoms with van der Waals surface area (Å²) in [6, 6.07) is 9.15. The Kier molecular flexibility index (Phi) is 5.26. The minimum Gasteiger partial charge on any atom is -0.341 e. The second kappa shape index (κ2) is 7.24. The molecule has 0 radical (unpaired) electrons. The van der Waals surface area contributed by atoms with Crippen LogP contribution in [-0.4, -0.2) is 61.0 Å². The van der Waals surface area contributed by atoms with Gasteiger partial charge < -0.3 is 10.2 Å². The standard InChI is InChI=1S/C20H31N3O/c1-16-4-6-17(7-5-16)20(2,3)14-19(24)23-11-8-18(15-23)22-12-9-21-10-13-22/h4-7,18,21H,8-15H2,1-3H3. The fourth-order valence-corrected chi connectivity index (χ4v) is 3.91. The van der Waals surface area contributed by atoms with Gasteiger partial charge in [-0.1, -0.05) is 43.7 Å². The second-order valence-electron chi connectivity index (χ2n) is 7.99. The predicted molar refractivity (Wildman–Crippen MR) is 98.2 cm³/mol. The average molecular weight is 329 g/mol. The van der Waals surface area contributed by atoms with Crippen molar-refractivity contribution in [2.75, 3.05) is 39.3 Å². The molecule has 1 N–H and O–H groups in total. The first-order valence-corrected chi connectivity index (χ1v) is 9.25. The van der Waals surface area contributed by atoms with Crippen LogP contribution >= 0.6 is 0 Å². The van der Waals surface area contributed by atoms with Gasteiger partial charge in [-0.15, -0.1) is 0 Å². The Morgan fingerprint density at radius 2 is 1.83 bits per heavy atom. The van der Waals surface area contributed by atoms with E-state index in [0.717, 1.165) is 45.7 Å². The zero-order valence-electron chi connectivity index (χ0n) is 15.3. The van der Waals surface area contributed by atoms with Gasteiger partial charge >= 0.3 is 0 Å². The number of carbonyl (C=O) groups is 1. The van der Waals surface area contributed by atoms with Gasteiger partial charge in [-0.2, -0.15) is 0 Å². The number of rotatable bonds is 4. The van der Waals surface area contributed by atoms with Gasteiger partial charge in [-0.05, 0) is 24.3 Å². The van der Waals surface area contributed by atoms with Crippen molar-refractivity contribution in [1.29, 1.82) is 0 Å². The third-order valence-corrected chi connectivity index (χ3v) is 5.61. The van der Waals surface area contributed by atoms with Gasteiger partial charge in [0.15, 0.2) is 0 Å². The Balaban J connectivity index is 1.57. The van der Waals surface area contributed by atoms with Crippen molar-refractivity contribution >= 4 is 5.91 Å². The van der Waals surface area contributed by atoms with Crippen molar-refractivity contribution in [2.24, 2.45) is 0 Å². The average Bonchev–Trinajstić information content (AvgIpc) is 3.06. The first-order chi connectivity index (χ1) is 11.5. The molecule has 1 aromatic rings. The zero-order valence-corrected chi connectivity index (χ0v) is 15.3. The highest BCUT2D eigenvalue weighted by Crippen LogP contribution is 2.29. The molecule has 1 aromatic carbocycles. The van der Waals surface area contributed by atoms with Crippen molar-refractivity contribution in [3.8, 4) is 0 Å². The van der Waals surface area contributed by atoms with Crippen LogP contribution in [0.4, 0.5) is 0 Å². The number of aryl methyl sites for hydroxylation is 1. The maximum atomic E-state index is 12.8. The van der Waals surface area contributed by atoms with Crippen LogP contribution < -0.4 is 5.32 Å². The number of likely N-dealkylation sites (tertiary alicyclic amines) is 1. The van der Waals surface area contributed by atoms with Crippen LogP contribution in [-0.2, 0) is 10.2 Å². The molecule has 2 saturated heterocycles. The Labute approximate surface area is 146 Å². The molecule has 24 heavy (non-hydrogen) atoms. The van der Waals surface area contributed by atoms with Gasteiger partial charge in [-0.3, -0.25) is 9.69 Å². The molecule has 2 aliphatic heterocycles. The summed E-state index contributed by atoms with van der Waals surface area (Å²) in [6.07, 6.45) is 1.71. The second-order valence-corrected chi connectivity index (χ2v) is 7.99. The molecule has 2 fully saturated rings. The molecule has 4 heteroatoms. The quantitative estimate of drug-likeness (QED) is 0.919. The van der Waals surface area contributed by atoms with Crippen LogP contribution in [0.3, 0.4) is 0 Å². The van der Waals surface area contributed by atoms with E-state index in [-0.39, 0.29) is 5.41 Å². The maximum absolute atomic E-state index is 12.8. The van der Waals surface area contributed by atoms with E-state index >= 15 is 0 Å². The number of carbonyl (C=O) groups excluding carboxylic acids is 1. The molecule has 1 atom stereocenters. The van der Waals surface area contributed by atoms with Crippen molar-refractivity contribution < 1.29 is 4.79 Å². The fourth-order valence-electron chi connectivity index (χ4n) is 3.91. The monoisotopic (exact) mass is 329 g/mol. The van der Waals surface area contributed by atoms with Crippen LogP contribution in [0.15, 0.2) is 24.3 Å². The number of benzene rings is 1. The molecular weight excluding hydrogens is 298 g/mol. The summed E-state index contributed by atoms with van der Waals surface area (Å²) in [5.41, 5.74) is 2.40. The number of nitrogens with zero attached hydrogens (tertiary/aromatic N) is 2. The molecule has 132 valence electrons. The summed E-state index contributed by atoms with van der Waals surface area (Å²) in [7, 11) is 0. The third kappa shape index (κ3) is 3.98. The van der Waals surface area contributed by atoms with E-state index in [9.17, 15) is 4.79 Å². The Morgan fingerprint density at radius 3 is 2.50 bits per heavy atom. The third-order valence-electron chi connectivity index (χ3n) is 5.61. The largest absolute Gasteiger partial charge is 0.341 e. The summed E-state index contributed by atoms with van der Waals surface area (Å²) in [5, 5.41) is 3.40. The minimum absolute atomic E-state index is 0.113. The number of hydrogen-bond donors (Lipinski definition) is 1. The Hall–Kier alpha value is -1.39. The smallest absolute Gasteiger partial charge is 0.223 e. The lowest BCUT2D eigenvalue weighted by molar-refractivity contribution is -0.131. The van der Waals surface area contributed by atoms with Gasteiger partial charge in [-0.25, -0.2) is 0 Å². The number of piperazine rings is 1. The molecule has 0 saturated carbocycles. The van der Waals surface area contributed by atoms with Crippen LogP contribution in [0.5, 0.6) is 0 Å². The molecule has 1 amide bonds. The maximum Gasteiger partial charge on any atom is 0.223 e. The van der Waals surface area contributed by atoms with Crippen molar-refractivity contribution in [3.63, 3.8) is 0 Å². The van der Waals surface area contributed by atoms with E-state index in [1.54, 1.807) is 0 Å². The van der Waals surface area contributed by atoms with E-state index in [0.29, 0.717) is 18.4 Å². The predicted octanol–water partition coefficient (Wildman–Crippen LogP) is 2.17. The molecule has 1 unspecified atom stereocenters. The topological polar surface area (TPSA) is 35.6 Å². The molecule has 3 rings (SSSR count). The molecule has 2 aliphatic rings. The lowest BCUT2D eigenvalue weighted by Crippen LogP contribution is -2.49. The van der Waals surface area contributed by atoms with Gasteiger partial charge in [0.1, 0.15) is 0 Å². The van der Waals surface area contributed by atoms with Crippen LogP contribution in [0.2, 0.25) is 0 Å². The fraction of sp³-hybridized carbons (Fsp3) is 0.650. The summed E-state index contributed by atoms with van der Waals surface area (Å²) in [5.74, 6) is 0.304. The summed E-state index contributed by atoms with van der Waals surface area (Å²) < 4.78 is 0. The number of hydrogen-bond acceptors (Lipinski definition) is 3. The molecule has 0 aliphatic carbocycles. The molecular formula is C20H31N3O. The van der Waals surface area contributed by atoms with Crippen molar-refractivity contribution in [1.82, 2.24) is 15.1 Å². The Morgan fingerprint density at radius 1 is 1.17 bits per heavy atom. The zero-order chi connectivity index (χ0) is 17.2. The number of nitrogens with one attached hydrogen (secondary N) is 1. The van der Waals surface area contributed by atoms with Crippen molar-refractivity contribution in [2.45, 2.75) is 45.1 Å². The van der Waals surface area contributed by atoms with E-state index in [2.05, 4.69) is 60.2 Å². The first-order valence-electron chi connectivity index (χ1n) is 9.25. The molecule has 0 bridgehead atoms. The van der Waals surface area contributed by atoms with Gasteiger partial charge in [0, 0.05) is 51.7 Å². The number of amides is 1. The van der Waals surface area contributed by atoms with Gasteiger partial charge in [0.2, 0.25) is 5.91 Å². The summed E-state index contributed by atoms with van der Waals surface area (Å²) >= 11 is 0. The van der Waals surface area contributed by atoms with E-state index < -0.39 is 0 Å². The highest BCUT2D eigenvalue weighted by atomic mass is 16.2. The van der Waals surface area contributed by atoms with Crippen LogP contribution in [0.1, 0.15) is 37.8 Å². The highest BCUT2D eigenvalue weighted by Gasteiger charge is 2.33. The van der Waals surface area contributed by atoms with Crippen molar-refractivity contribution in [3.05, 3.63) is 35.4 Å². The Bertz CT molecular complexity index is 561. The summed E-state index contributed by atoms with van der Waals surface area (Å²) in [6.45, 7) is 12.7. The molecule has 0 spiro atoms. The van der Waals surface area contributed by atoms with Gasteiger partial charge in [0.25, 0.3) is 0 Å². The van der Waals surface area contributed by atoms with Gasteiger partial charge in [0.05, 0.1) is 0 Å². The minimum atomic E-state index is -0.113. The van der Waals surface area contributed by atoms with E-state index in [4.69, 9.17) is 0 Å². The van der Waals surface area contributed by atoms with E-state index in [1.807, 2.05) is 0 Å². The SMILES string of the molecule is Cc1ccc(C(C)(C)CC(=O)N2CCC(N3CCNCC3)C2)cc1. The molecule has 4 nitrogen and oxygen atoms in total. The highest BCUT2D eigenvalue weighted by molar-refractivity contribution is 5.78. The molecule has 0 aromatic heterocycles. The lowest BCUT2D eigenvalue weighted by atomic mass is 9.81. The first kappa shape index (κ1) is 17.4. The summed E-state index contributed by atoms with van der Waals surface area (Å²) in [4.78, 5) is 17.5. The normalized spacial score (nSPS) is 22.8. The van der Waals surface area contributed by atoms with E-state index in [1.165, 1.54) is 11.1 Å².